The van der Waals surface area contributed by atoms with Crippen molar-refractivity contribution in [2.45, 2.75) is 138 Å². The number of fused-ring (bicyclic) bond motifs is 5. The Balaban J connectivity index is 0.00000121. The van der Waals surface area contributed by atoms with Crippen LogP contribution in [0, 0.1) is 46.3 Å². The van der Waals surface area contributed by atoms with Crippen molar-refractivity contribution in [1.82, 2.24) is 0 Å². The van der Waals surface area contributed by atoms with Crippen molar-refractivity contribution >= 4 is 12.3 Å². The Morgan fingerprint density at radius 1 is 1.05 bits per heavy atom. The number of hydrogen-bond acceptors (Lipinski definition) is 4. The number of rotatable bonds is 9. The van der Waals surface area contributed by atoms with Crippen molar-refractivity contribution in [2.75, 3.05) is 7.11 Å². The number of esters is 1. The summed E-state index contributed by atoms with van der Waals surface area (Å²) in [6.45, 7) is 16.5. The predicted octanol–water partition coefficient (Wildman–Crippen LogP) is 8.55. The summed E-state index contributed by atoms with van der Waals surface area (Å²) in [5, 5.41) is 7.00. The van der Waals surface area contributed by atoms with E-state index in [1.165, 1.54) is 51.4 Å². The highest BCUT2D eigenvalue weighted by atomic mass is 16.5. The maximum absolute atomic E-state index is 12.1. The highest BCUT2D eigenvalue weighted by molar-refractivity contribution is 5.72. The fraction of sp³-hybridized carbons (Fsp3) is 0.882. The first kappa shape index (κ1) is 33.0. The first-order chi connectivity index (χ1) is 18.2. The van der Waals surface area contributed by atoms with Gasteiger partial charge in [-0.2, -0.15) is 0 Å². The lowest BCUT2D eigenvalue weighted by Crippen LogP contribution is -2.51. The molecule has 220 valence electrons. The van der Waals surface area contributed by atoms with Crippen molar-refractivity contribution in [2.24, 2.45) is 46.3 Å². The number of hydrogen-bond donors (Lipinski definition) is 1. The average Bonchev–Trinajstić information content (AvgIpc) is 3.27. The maximum Gasteiger partial charge on any atom is 0.306 e. The molecule has 4 aliphatic rings. The van der Waals surface area contributed by atoms with Gasteiger partial charge >= 0.3 is 5.97 Å². The van der Waals surface area contributed by atoms with Crippen LogP contribution in [0.5, 0.6) is 0 Å². The third-order valence-corrected chi connectivity index (χ3v) is 11.0. The average molecular weight is 533 g/mol. The summed E-state index contributed by atoms with van der Waals surface area (Å²) < 4.78 is 5.76. The van der Waals surface area contributed by atoms with Crippen molar-refractivity contribution in [3.8, 4) is 0 Å². The van der Waals surface area contributed by atoms with E-state index in [0.29, 0.717) is 5.41 Å². The minimum Gasteiger partial charge on any atom is -0.462 e. The first-order valence-corrected chi connectivity index (χ1v) is 16.0. The Hall–Kier alpha value is -1.16. The Morgan fingerprint density at radius 3 is 2.42 bits per heavy atom. The van der Waals surface area contributed by atoms with E-state index < -0.39 is 0 Å². The number of ether oxygens (including phenoxy) is 1. The molecule has 0 heterocycles. The summed E-state index contributed by atoms with van der Waals surface area (Å²) in [6.07, 6.45) is 18.0. The minimum atomic E-state index is -0.206. The molecule has 8 atom stereocenters. The number of aliphatic hydroxyl groups is 1. The monoisotopic (exact) mass is 532 g/mol. The van der Waals surface area contributed by atoms with E-state index >= 15 is 0 Å². The lowest BCUT2D eigenvalue weighted by molar-refractivity contribution is -0.152. The number of allylic oxidation sites excluding steroid dienone is 1. The molecule has 3 fully saturated rings. The Labute approximate surface area is 234 Å². The standard InChI is InChI=1S/C31H50O3.C2H6.CH4O/c1-21(2)8-6-9-22(3)26-13-14-27-25-12-11-23-20-24(34-29(33)10-7-19-32)15-17-30(23,4)28(25)16-18-31(26,27)5;2*1-2/h11,19,21-22,24-28H,6-10,12-18,20H2,1-5H3;1-2H3;2H,1H3. The number of carbonyl (C=O) groups excluding carboxylic acids is 2. The van der Waals surface area contributed by atoms with Crippen LogP contribution in [-0.2, 0) is 14.3 Å². The summed E-state index contributed by atoms with van der Waals surface area (Å²) in [6, 6.07) is 0. The molecule has 8 unspecified atom stereocenters. The summed E-state index contributed by atoms with van der Waals surface area (Å²) in [5.74, 6) is 4.92. The topological polar surface area (TPSA) is 63.6 Å². The molecular weight excluding hydrogens is 472 g/mol. The molecule has 0 aromatic carbocycles. The Morgan fingerprint density at radius 2 is 1.76 bits per heavy atom. The third kappa shape index (κ3) is 7.12. The van der Waals surface area contributed by atoms with Gasteiger partial charge in [0, 0.05) is 20.0 Å². The normalized spacial score (nSPS) is 36.2. The molecule has 0 spiro atoms. The van der Waals surface area contributed by atoms with E-state index in [2.05, 4.69) is 40.7 Å². The smallest absolute Gasteiger partial charge is 0.306 e. The van der Waals surface area contributed by atoms with Gasteiger partial charge in [-0.1, -0.05) is 79.4 Å². The lowest BCUT2D eigenvalue weighted by atomic mass is 9.47. The summed E-state index contributed by atoms with van der Waals surface area (Å²) >= 11 is 0. The zero-order chi connectivity index (χ0) is 28.5. The van der Waals surface area contributed by atoms with Gasteiger partial charge in [0.2, 0.25) is 0 Å². The van der Waals surface area contributed by atoms with Crippen LogP contribution < -0.4 is 0 Å². The zero-order valence-corrected chi connectivity index (χ0v) is 26.1. The molecule has 0 aliphatic heterocycles. The van der Waals surface area contributed by atoms with Gasteiger partial charge in [-0.25, -0.2) is 0 Å². The zero-order valence-electron chi connectivity index (χ0n) is 26.1. The van der Waals surface area contributed by atoms with Crippen LogP contribution in [-0.4, -0.2) is 30.6 Å². The quantitative estimate of drug-likeness (QED) is 0.183. The van der Waals surface area contributed by atoms with E-state index in [1.807, 2.05) is 13.8 Å². The van der Waals surface area contributed by atoms with Crippen molar-refractivity contribution < 1.29 is 19.4 Å². The second-order valence-electron chi connectivity index (χ2n) is 13.3. The van der Waals surface area contributed by atoms with Gasteiger partial charge in [0.05, 0.1) is 6.42 Å². The molecule has 4 nitrogen and oxygen atoms in total. The van der Waals surface area contributed by atoms with Gasteiger partial charge in [0.25, 0.3) is 0 Å². The molecule has 3 saturated carbocycles. The van der Waals surface area contributed by atoms with Gasteiger partial charge < -0.3 is 14.6 Å². The van der Waals surface area contributed by atoms with Crippen LogP contribution in [0.1, 0.15) is 132 Å². The first-order valence-electron chi connectivity index (χ1n) is 16.0. The van der Waals surface area contributed by atoms with Crippen LogP contribution in [0.2, 0.25) is 0 Å². The van der Waals surface area contributed by atoms with Crippen molar-refractivity contribution in [1.29, 1.82) is 0 Å². The van der Waals surface area contributed by atoms with Crippen molar-refractivity contribution in [3.05, 3.63) is 11.6 Å². The molecule has 4 heteroatoms. The molecule has 0 amide bonds. The van der Waals surface area contributed by atoms with Crippen LogP contribution in [0.15, 0.2) is 11.6 Å². The van der Waals surface area contributed by atoms with Gasteiger partial charge in [-0.15, -0.1) is 0 Å². The van der Waals surface area contributed by atoms with Gasteiger partial charge in [0.1, 0.15) is 12.4 Å². The molecule has 0 saturated heterocycles. The van der Waals surface area contributed by atoms with Gasteiger partial charge in [0.15, 0.2) is 0 Å². The molecular formula is C34H60O4. The van der Waals surface area contributed by atoms with Crippen molar-refractivity contribution in [3.63, 3.8) is 0 Å². The van der Waals surface area contributed by atoms with E-state index in [0.717, 1.165) is 68.2 Å². The Kier molecular flexibility index (Phi) is 13.1. The van der Waals surface area contributed by atoms with E-state index in [1.54, 1.807) is 5.57 Å². The minimum absolute atomic E-state index is 0.00596. The molecule has 0 radical (unpaired) electrons. The number of aliphatic hydroxyl groups excluding tert-OH is 1. The van der Waals surface area contributed by atoms with Crippen LogP contribution in [0.25, 0.3) is 0 Å². The highest BCUT2D eigenvalue weighted by Crippen LogP contribution is 2.67. The predicted molar refractivity (Wildman–Crippen MR) is 158 cm³/mol. The second kappa shape index (κ2) is 15.0. The number of carbonyl (C=O) groups is 2. The Bertz CT molecular complexity index is 772. The second-order valence-corrected chi connectivity index (χ2v) is 13.3. The molecule has 4 rings (SSSR count). The summed E-state index contributed by atoms with van der Waals surface area (Å²) in [4.78, 5) is 22.7. The molecule has 1 N–H and O–H groups in total. The fourth-order valence-electron chi connectivity index (χ4n) is 9.17. The molecule has 4 aliphatic carbocycles. The van der Waals surface area contributed by atoms with Crippen LogP contribution in [0.3, 0.4) is 0 Å². The lowest BCUT2D eigenvalue weighted by Gasteiger charge is -2.58. The van der Waals surface area contributed by atoms with E-state index in [9.17, 15) is 9.59 Å². The molecule has 0 aromatic heterocycles. The molecule has 0 aromatic rings. The van der Waals surface area contributed by atoms with Gasteiger partial charge in [-0.05, 0) is 91.3 Å². The number of aldehydes is 1. The highest BCUT2D eigenvalue weighted by Gasteiger charge is 2.59. The third-order valence-electron chi connectivity index (χ3n) is 11.0. The molecule has 0 bridgehead atoms. The SMILES string of the molecule is CC.CC(C)CCCC(C)C1CCC2C3CC=C4CC(OC(=O)CCC=O)CCC4(C)C3CCC12C.CO. The largest absolute Gasteiger partial charge is 0.462 e. The van der Waals surface area contributed by atoms with Gasteiger partial charge in [-0.3, -0.25) is 4.79 Å². The fourth-order valence-corrected chi connectivity index (χ4v) is 9.17. The van der Waals surface area contributed by atoms with Crippen LogP contribution >= 0.6 is 0 Å². The van der Waals surface area contributed by atoms with Crippen LogP contribution in [0.4, 0.5) is 0 Å². The van der Waals surface area contributed by atoms with E-state index in [4.69, 9.17) is 9.84 Å². The maximum atomic E-state index is 12.1. The summed E-state index contributed by atoms with van der Waals surface area (Å²) in [7, 11) is 1.00. The van der Waals surface area contributed by atoms with E-state index in [-0.39, 0.29) is 30.3 Å². The molecule has 38 heavy (non-hydrogen) atoms. The summed E-state index contributed by atoms with van der Waals surface area (Å²) in [5.41, 5.74) is 2.39.